The van der Waals surface area contributed by atoms with Gasteiger partial charge in [-0.25, -0.2) is 0 Å². The number of benzene rings is 2. The summed E-state index contributed by atoms with van der Waals surface area (Å²) in [6.45, 7) is 28.6. The van der Waals surface area contributed by atoms with E-state index < -0.39 is 21.8 Å². The summed E-state index contributed by atoms with van der Waals surface area (Å²) in [5.41, 5.74) is 9.58. The van der Waals surface area contributed by atoms with E-state index in [1.54, 1.807) is 28.8 Å². The summed E-state index contributed by atoms with van der Waals surface area (Å²) in [6, 6.07) is 10.3. The Balaban J connectivity index is 2.94. The Morgan fingerprint density at radius 3 is 0.781 bits per heavy atom. The standard InChI is InChI=1S/2C15H23.CH3.Bi/c2*1-10(2)13-7-14(11(3)4)9-15(8-13)12(5)6;;/h2*7-8,10-12H,1-6H3;1H3;. The van der Waals surface area contributed by atoms with E-state index >= 15 is 0 Å². The molecule has 1 heteroatoms. The molecule has 0 atom stereocenters. The summed E-state index contributed by atoms with van der Waals surface area (Å²) >= 11 is -2.24. The molecule has 0 heterocycles. The first-order chi connectivity index (χ1) is 14.8. The molecule has 0 fully saturated rings. The first-order valence-corrected chi connectivity index (χ1v) is 19.8. The van der Waals surface area contributed by atoms with Gasteiger partial charge in [-0.1, -0.05) is 0 Å². The Kier molecular flexibility index (Phi) is 9.62. The predicted molar refractivity (Wildman–Crippen MR) is 148 cm³/mol. The third-order valence-corrected chi connectivity index (χ3v) is 16.1. The van der Waals surface area contributed by atoms with Crippen molar-refractivity contribution in [1.82, 2.24) is 0 Å². The van der Waals surface area contributed by atoms with Crippen molar-refractivity contribution in [3.05, 3.63) is 57.6 Å². The van der Waals surface area contributed by atoms with E-state index in [1.165, 1.54) is 11.1 Å². The molecule has 0 saturated heterocycles. The Morgan fingerprint density at radius 1 is 0.406 bits per heavy atom. The molecule has 0 bridgehead atoms. The first-order valence-electron chi connectivity index (χ1n) is 12.9. The van der Waals surface area contributed by atoms with Gasteiger partial charge < -0.3 is 0 Å². The second-order valence-electron chi connectivity index (χ2n) is 11.6. The minimum absolute atomic E-state index is 0.568. The van der Waals surface area contributed by atoms with Crippen LogP contribution in [0.2, 0.25) is 4.63 Å². The van der Waals surface area contributed by atoms with Crippen LogP contribution < -0.4 is 6.54 Å². The van der Waals surface area contributed by atoms with E-state index in [1.807, 2.05) is 0 Å². The third-order valence-electron chi connectivity index (χ3n) is 6.87. The molecule has 0 nitrogen and oxygen atoms in total. The number of hydrogen-bond acceptors (Lipinski definition) is 0. The second-order valence-corrected chi connectivity index (χ2v) is 19.4. The molecule has 0 aliphatic carbocycles. The van der Waals surface area contributed by atoms with Crippen LogP contribution in [0.25, 0.3) is 0 Å². The minimum atomic E-state index is -2.24. The number of rotatable bonds is 8. The van der Waals surface area contributed by atoms with Crippen LogP contribution >= 0.6 is 0 Å². The van der Waals surface area contributed by atoms with Gasteiger partial charge in [0.25, 0.3) is 0 Å². The van der Waals surface area contributed by atoms with Gasteiger partial charge in [-0.2, -0.15) is 0 Å². The maximum atomic E-state index is 2.68. The summed E-state index contributed by atoms with van der Waals surface area (Å²) in [4.78, 5) is 0. The van der Waals surface area contributed by atoms with Gasteiger partial charge in [-0.15, -0.1) is 0 Å². The van der Waals surface area contributed by atoms with Gasteiger partial charge in [0.05, 0.1) is 0 Å². The van der Waals surface area contributed by atoms with Crippen LogP contribution in [0.4, 0.5) is 0 Å². The topological polar surface area (TPSA) is 0 Å². The maximum absolute atomic E-state index is 2.68. The molecule has 178 valence electrons. The molecule has 32 heavy (non-hydrogen) atoms. The van der Waals surface area contributed by atoms with E-state index in [0.29, 0.717) is 35.5 Å². The Morgan fingerprint density at radius 2 is 0.625 bits per heavy atom. The van der Waals surface area contributed by atoms with E-state index in [9.17, 15) is 0 Å². The van der Waals surface area contributed by atoms with Crippen LogP contribution in [0.3, 0.4) is 0 Å². The van der Waals surface area contributed by atoms with E-state index in [4.69, 9.17) is 0 Å². The normalized spacial score (nSPS) is 12.6. The zero-order valence-electron chi connectivity index (χ0n) is 23.2. The van der Waals surface area contributed by atoms with Gasteiger partial charge in [0.2, 0.25) is 0 Å². The van der Waals surface area contributed by atoms with Gasteiger partial charge >= 0.3 is 209 Å². The summed E-state index contributed by atoms with van der Waals surface area (Å²) < 4.78 is 6.26. The fourth-order valence-electron chi connectivity index (χ4n) is 4.72. The molecule has 0 amide bonds. The quantitative estimate of drug-likeness (QED) is 0.256. The molecule has 0 unspecified atom stereocenters. The van der Waals surface area contributed by atoms with Crippen molar-refractivity contribution >= 4 is 28.3 Å². The SMILES string of the molecule is CC(C)c1cc(C(C)C)[c]([Bi]([CH3])[c]2c(C(C)C)cc(C(C)C)cc2C(C)C)c(C(C)C)c1. The van der Waals surface area contributed by atoms with Crippen molar-refractivity contribution in [3.8, 4) is 0 Å². The molecule has 0 aromatic heterocycles. The number of hydrogen-bond donors (Lipinski definition) is 0. The van der Waals surface area contributed by atoms with Crippen LogP contribution in [-0.4, -0.2) is 21.8 Å². The van der Waals surface area contributed by atoms with Crippen molar-refractivity contribution in [2.45, 2.75) is 123 Å². The summed E-state index contributed by atoms with van der Waals surface area (Å²) in [5.74, 6) is 3.42. The van der Waals surface area contributed by atoms with Crippen LogP contribution in [0.15, 0.2) is 24.3 Å². The fraction of sp³-hybridized carbons (Fsp3) is 0.613. The Bertz CT molecular complexity index is 779. The summed E-state index contributed by atoms with van der Waals surface area (Å²) in [6.07, 6.45) is 0. The molecule has 0 N–H and O–H groups in total. The molecule has 0 aliphatic rings. The van der Waals surface area contributed by atoms with Crippen LogP contribution in [0, 0.1) is 0 Å². The molecule has 2 aromatic rings. The Labute approximate surface area is 208 Å². The van der Waals surface area contributed by atoms with Crippen molar-refractivity contribution in [2.24, 2.45) is 0 Å². The average molecular weight is 631 g/mol. The van der Waals surface area contributed by atoms with Gasteiger partial charge in [0, 0.05) is 0 Å². The molecule has 2 aromatic carbocycles. The van der Waals surface area contributed by atoms with Gasteiger partial charge in [0.15, 0.2) is 0 Å². The molecule has 0 spiro atoms. The third kappa shape index (κ3) is 5.87. The predicted octanol–water partition coefficient (Wildman–Crippen LogP) is 8.67. The second kappa shape index (κ2) is 11.2. The van der Waals surface area contributed by atoms with Crippen molar-refractivity contribution in [2.75, 3.05) is 0 Å². The average Bonchev–Trinajstić information content (AvgIpc) is 2.70. The zero-order chi connectivity index (χ0) is 24.5. The van der Waals surface area contributed by atoms with Crippen molar-refractivity contribution < 1.29 is 0 Å². The van der Waals surface area contributed by atoms with Crippen LogP contribution in [-0.2, 0) is 0 Å². The molecule has 0 radical (unpaired) electrons. The summed E-state index contributed by atoms with van der Waals surface area (Å²) in [7, 11) is 0. The molecule has 0 saturated carbocycles. The zero-order valence-corrected chi connectivity index (χ0v) is 26.7. The summed E-state index contributed by atoms with van der Waals surface area (Å²) in [5, 5.41) is 0. The van der Waals surface area contributed by atoms with Gasteiger partial charge in [-0.05, 0) is 0 Å². The van der Waals surface area contributed by atoms with Crippen molar-refractivity contribution in [3.63, 3.8) is 0 Å². The van der Waals surface area contributed by atoms with E-state index in [0.717, 1.165) is 0 Å². The molecule has 2 rings (SSSR count). The van der Waals surface area contributed by atoms with E-state index in [2.05, 4.69) is 112 Å². The fourth-order valence-corrected chi connectivity index (χ4v) is 16.6. The molecular weight excluding hydrogens is 581 g/mol. The van der Waals surface area contributed by atoms with Gasteiger partial charge in [0.1, 0.15) is 0 Å². The van der Waals surface area contributed by atoms with Gasteiger partial charge in [-0.3, -0.25) is 0 Å². The first kappa shape index (κ1) is 27.6. The molecular formula is C31H49Bi. The Hall–Kier alpha value is -0.677. The molecule has 0 aliphatic heterocycles. The monoisotopic (exact) mass is 630 g/mol. The van der Waals surface area contributed by atoms with Crippen molar-refractivity contribution in [1.29, 1.82) is 0 Å². The van der Waals surface area contributed by atoms with Crippen LogP contribution in [0.1, 0.15) is 152 Å². The van der Waals surface area contributed by atoms with E-state index in [-0.39, 0.29) is 0 Å². The van der Waals surface area contributed by atoms with Crippen LogP contribution in [0.5, 0.6) is 0 Å².